The topological polar surface area (TPSA) is 101 Å². The van der Waals surface area contributed by atoms with E-state index in [4.69, 9.17) is 15.9 Å². The Balaban J connectivity index is 3.61. The van der Waals surface area contributed by atoms with Gasteiger partial charge in [-0.2, -0.15) is 3.89 Å². The van der Waals surface area contributed by atoms with Crippen LogP contribution in [0.4, 0.5) is 3.89 Å². The van der Waals surface area contributed by atoms with Crippen LogP contribution in [0.3, 0.4) is 0 Å². The fraction of sp³-hybridized carbons (Fsp3) is 0.750. The molecule has 0 bridgehead atoms. The van der Waals surface area contributed by atoms with Crippen molar-refractivity contribution >= 4 is 24.1 Å². The van der Waals surface area contributed by atoms with E-state index in [0.717, 1.165) is 0 Å². The fourth-order valence-corrected chi connectivity index (χ4v) is 1.36. The Labute approximate surface area is 91.1 Å². The Kier molecular flexibility index (Phi) is 7.06. The lowest BCUT2D eigenvalue weighted by atomic mass is 10.1. The molecule has 7 heteroatoms. The number of unbranched alkanes of at least 4 members (excludes halogenated alkanes) is 1. The SMILES string of the molecule is NC(CCCCC(SF)C(=O)O)C(=O)O. The molecule has 4 N–H and O–H groups in total. The van der Waals surface area contributed by atoms with Gasteiger partial charge in [0.2, 0.25) is 0 Å². The third-order valence-electron chi connectivity index (χ3n) is 1.93. The quantitative estimate of drug-likeness (QED) is 0.547. The summed E-state index contributed by atoms with van der Waals surface area (Å²) in [4.78, 5) is 20.7. The molecule has 0 aliphatic heterocycles. The average Bonchev–Trinajstić information content (AvgIpc) is 2.16. The van der Waals surface area contributed by atoms with Gasteiger partial charge in [0.15, 0.2) is 0 Å². The van der Waals surface area contributed by atoms with Crippen LogP contribution in [0.5, 0.6) is 0 Å². The zero-order valence-electron chi connectivity index (χ0n) is 8.06. The maximum Gasteiger partial charge on any atom is 0.320 e. The standard InChI is InChI=1S/C8H14FNO4S/c9-15-6(8(13)14)4-2-1-3-5(10)7(11)12/h5-6H,1-4,10H2,(H,11,12)(H,13,14). The molecular formula is C8H14FNO4S. The molecule has 0 aromatic heterocycles. The number of carboxylic acid groups (broad SMARTS) is 2. The van der Waals surface area contributed by atoms with Crippen molar-refractivity contribution in [2.24, 2.45) is 5.73 Å². The molecule has 0 fully saturated rings. The Morgan fingerprint density at radius 3 is 2.13 bits per heavy atom. The summed E-state index contributed by atoms with van der Waals surface area (Å²) in [6.45, 7) is 0. The summed E-state index contributed by atoms with van der Waals surface area (Å²) in [5.74, 6) is -2.27. The second-order valence-corrected chi connectivity index (χ2v) is 3.89. The van der Waals surface area contributed by atoms with Crippen molar-refractivity contribution in [2.45, 2.75) is 37.0 Å². The van der Waals surface area contributed by atoms with Crippen molar-refractivity contribution in [3.8, 4) is 0 Å². The van der Waals surface area contributed by atoms with Crippen LogP contribution >= 0.6 is 12.1 Å². The smallest absolute Gasteiger partial charge is 0.320 e. The summed E-state index contributed by atoms with van der Waals surface area (Å²) < 4.78 is 12.0. The van der Waals surface area contributed by atoms with Crippen molar-refractivity contribution in [1.82, 2.24) is 0 Å². The Hall–Kier alpha value is -0.820. The Morgan fingerprint density at radius 2 is 1.73 bits per heavy atom. The molecule has 0 rings (SSSR count). The van der Waals surface area contributed by atoms with Crippen LogP contribution < -0.4 is 5.73 Å². The third kappa shape index (κ3) is 6.29. The lowest BCUT2D eigenvalue weighted by Crippen LogP contribution is -2.29. The van der Waals surface area contributed by atoms with Crippen LogP contribution in [0.15, 0.2) is 0 Å². The molecule has 0 saturated carbocycles. The van der Waals surface area contributed by atoms with Crippen molar-refractivity contribution in [3.63, 3.8) is 0 Å². The van der Waals surface area contributed by atoms with Crippen LogP contribution in [0.2, 0.25) is 0 Å². The summed E-state index contributed by atoms with van der Waals surface area (Å²) in [6, 6.07) is -0.925. The summed E-state index contributed by atoms with van der Waals surface area (Å²) in [5.41, 5.74) is 5.23. The largest absolute Gasteiger partial charge is 0.480 e. The van der Waals surface area contributed by atoms with Gasteiger partial charge in [-0.15, -0.1) is 0 Å². The van der Waals surface area contributed by atoms with Gasteiger partial charge < -0.3 is 15.9 Å². The average molecular weight is 239 g/mol. The maximum absolute atomic E-state index is 12.0. The van der Waals surface area contributed by atoms with E-state index in [1.807, 2.05) is 0 Å². The Morgan fingerprint density at radius 1 is 1.20 bits per heavy atom. The molecule has 0 aromatic carbocycles. The molecule has 0 aromatic rings. The second kappa shape index (κ2) is 7.47. The van der Waals surface area contributed by atoms with Gasteiger partial charge in [0.05, 0.1) is 12.1 Å². The van der Waals surface area contributed by atoms with Crippen LogP contribution in [-0.4, -0.2) is 33.4 Å². The van der Waals surface area contributed by atoms with Crippen molar-refractivity contribution in [3.05, 3.63) is 0 Å². The molecule has 0 radical (unpaired) electrons. The van der Waals surface area contributed by atoms with Crippen LogP contribution in [-0.2, 0) is 9.59 Å². The molecule has 5 nitrogen and oxygen atoms in total. The van der Waals surface area contributed by atoms with Gasteiger partial charge in [0, 0.05) is 0 Å². The number of nitrogens with two attached hydrogens (primary N) is 1. The predicted octanol–water partition coefficient (Wildman–Crippen LogP) is 1.03. The first-order chi connectivity index (χ1) is 6.99. The number of carbonyl (C=O) groups is 2. The van der Waals surface area contributed by atoms with Gasteiger partial charge in [-0.25, -0.2) is 0 Å². The maximum atomic E-state index is 12.0. The summed E-state index contributed by atoms with van der Waals surface area (Å²) in [6.07, 6.45) is 1.40. The van der Waals surface area contributed by atoms with E-state index in [1.165, 1.54) is 0 Å². The summed E-state index contributed by atoms with van der Waals surface area (Å²) in [7, 11) is 0. The highest BCUT2D eigenvalue weighted by atomic mass is 32.2. The lowest BCUT2D eigenvalue weighted by molar-refractivity contribution is -0.139. The van der Waals surface area contributed by atoms with E-state index in [-0.39, 0.29) is 25.0 Å². The first-order valence-electron chi connectivity index (χ1n) is 4.47. The second-order valence-electron chi connectivity index (χ2n) is 3.15. The molecule has 0 amide bonds. The van der Waals surface area contributed by atoms with Gasteiger partial charge in [-0.3, -0.25) is 9.59 Å². The molecule has 15 heavy (non-hydrogen) atoms. The minimum absolute atomic E-state index is 0.183. The van der Waals surface area contributed by atoms with Gasteiger partial charge >= 0.3 is 11.9 Å². The number of carboxylic acids is 2. The Bertz CT molecular complexity index is 227. The number of aliphatic carboxylic acids is 2. The van der Waals surface area contributed by atoms with E-state index in [1.54, 1.807) is 0 Å². The third-order valence-corrected chi connectivity index (χ3v) is 2.58. The van der Waals surface area contributed by atoms with Crippen molar-refractivity contribution in [1.29, 1.82) is 0 Å². The number of rotatable bonds is 8. The monoisotopic (exact) mass is 239 g/mol. The fourth-order valence-electron chi connectivity index (χ4n) is 1.02. The van der Waals surface area contributed by atoms with E-state index >= 15 is 0 Å². The van der Waals surface area contributed by atoms with E-state index in [0.29, 0.717) is 12.8 Å². The zero-order valence-corrected chi connectivity index (χ0v) is 8.87. The molecule has 0 aliphatic carbocycles. The minimum atomic E-state index is -1.19. The molecule has 2 atom stereocenters. The van der Waals surface area contributed by atoms with Gasteiger partial charge in [0.25, 0.3) is 0 Å². The van der Waals surface area contributed by atoms with E-state index in [2.05, 4.69) is 0 Å². The summed E-state index contributed by atoms with van der Waals surface area (Å²) in [5, 5.41) is 15.9. The van der Waals surface area contributed by atoms with Gasteiger partial charge in [-0.05, 0) is 12.8 Å². The molecular weight excluding hydrogens is 225 g/mol. The van der Waals surface area contributed by atoms with Crippen LogP contribution in [0.1, 0.15) is 25.7 Å². The number of halogens is 1. The molecule has 0 saturated heterocycles. The molecule has 88 valence electrons. The van der Waals surface area contributed by atoms with Crippen LogP contribution in [0.25, 0.3) is 0 Å². The zero-order chi connectivity index (χ0) is 11.8. The van der Waals surface area contributed by atoms with E-state index < -0.39 is 23.2 Å². The highest BCUT2D eigenvalue weighted by molar-refractivity contribution is 7.95. The van der Waals surface area contributed by atoms with Crippen molar-refractivity contribution in [2.75, 3.05) is 0 Å². The highest BCUT2D eigenvalue weighted by Gasteiger charge is 2.18. The first-order valence-corrected chi connectivity index (χ1v) is 5.25. The normalized spacial score (nSPS) is 14.5. The molecule has 0 aliphatic rings. The molecule has 0 spiro atoms. The summed E-state index contributed by atoms with van der Waals surface area (Å²) >= 11 is -0.204. The van der Waals surface area contributed by atoms with E-state index in [9.17, 15) is 13.5 Å². The van der Waals surface area contributed by atoms with Gasteiger partial charge in [-0.1, -0.05) is 12.8 Å². The lowest BCUT2D eigenvalue weighted by Gasteiger charge is -2.08. The molecule has 2 unspecified atom stereocenters. The van der Waals surface area contributed by atoms with Crippen molar-refractivity contribution < 1.29 is 23.7 Å². The highest BCUT2D eigenvalue weighted by Crippen LogP contribution is 2.19. The van der Waals surface area contributed by atoms with Gasteiger partial charge in [0.1, 0.15) is 11.3 Å². The molecule has 0 heterocycles. The predicted molar refractivity (Wildman–Crippen MR) is 54.2 cm³/mol. The number of hydrogen-bond acceptors (Lipinski definition) is 4. The van der Waals surface area contributed by atoms with Crippen LogP contribution in [0, 0.1) is 0 Å². The first kappa shape index (κ1) is 14.2. The number of hydrogen-bond donors (Lipinski definition) is 3. The minimum Gasteiger partial charge on any atom is -0.480 e.